The molecule has 1 aliphatic heterocycles. The molecule has 7 nitrogen and oxygen atoms in total. The fourth-order valence-electron chi connectivity index (χ4n) is 3.75. The van der Waals surface area contributed by atoms with Crippen molar-refractivity contribution < 1.29 is 9.53 Å². The first-order valence-corrected chi connectivity index (χ1v) is 12.3. The van der Waals surface area contributed by atoms with Crippen LogP contribution in [0.4, 0.5) is 11.4 Å². The number of aromatic nitrogens is 2. The Labute approximate surface area is 198 Å². The molecule has 2 heterocycles. The van der Waals surface area contributed by atoms with E-state index in [-0.39, 0.29) is 17.2 Å². The summed E-state index contributed by atoms with van der Waals surface area (Å²) in [5, 5.41) is 4.13. The molecule has 1 saturated heterocycles. The molecule has 1 aliphatic rings. The largest absolute Gasteiger partial charge is 0.378 e. The SMILES string of the molecule is CC(C)CCn1c(SCC(=O)Nc2ccc(N3CCOCC3)cc2)nc2ccccc2c1=O. The predicted molar refractivity (Wildman–Crippen MR) is 134 cm³/mol. The number of carbonyl (C=O) groups excluding carboxylic acids is 1. The number of rotatable bonds is 8. The Morgan fingerprint density at radius 2 is 1.85 bits per heavy atom. The third-order valence-electron chi connectivity index (χ3n) is 5.62. The molecule has 0 spiro atoms. The molecule has 2 aromatic carbocycles. The van der Waals surface area contributed by atoms with E-state index < -0.39 is 0 Å². The average Bonchev–Trinajstić information content (AvgIpc) is 2.83. The zero-order valence-corrected chi connectivity index (χ0v) is 19.9. The highest BCUT2D eigenvalue weighted by Crippen LogP contribution is 2.21. The minimum Gasteiger partial charge on any atom is -0.378 e. The smallest absolute Gasteiger partial charge is 0.262 e. The van der Waals surface area contributed by atoms with E-state index in [1.165, 1.54) is 11.8 Å². The van der Waals surface area contributed by atoms with E-state index in [2.05, 4.69) is 29.0 Å². The molecule has 0 saturated carbocycles. The normalized spacial score (nSPS) is 14.1. The van der Waals surface area contributed by atoms with Crippen LogP contribution in [0.1, 0.15) is 20.3 Å². The number of amides is 1. The van der Waals surface area contributed by atoms with Crippen molar-refractivity contribution in [1.82, 2.24) is 9.55 Å². The molecule has 1 aromatic heterocycles. The standard InChI is InChI=1S/C25H30N4O3S/c1-18(2)11-12-29-24(31)21-5-3-4-6-22(21)27-25(29)33-17-23(30)26-19-7-9-20(10-8-19)28-13-15-32-16-14-28/h3-10,18H,11-17H2,1-2H3,(H,26,30). The van der Waals surface area contributed by atoms with Crippen molar-refractivity contribution in [3.8, 4) is 0 Å². The molecule has 174 valence electrons. The first-order chi connectivity index (χ1) is 16.0. The molecule has 0 bridgehead atoms. The van der Waals surface area contributed by atoms with E-state index in [1.54, 1.807) is 10.6 Å². The van der Waals surface area contributed by atoms with Crippen LogP contribution in [0.2, 0.25) is 0 Å². The fourth-order valence-corrected chi connectivity index (χ4v) is 4.57. The molecular formula is C25H30N4O3S. The minimum atomic E-state index is -0.128. The lowest BCUT2D eigenvalue weighted by molar-refractivity contribution is -0.113. The maximum atomic E-state index is 13.1. The van der Waals surface area contributed by atoms with Gasteiger partial charge < -0.3 is 15.0 Å². The van der Waals surface area contributed by atoms with Gasteiger partial charge in [-0.15, -0.1) is 0 Å². The van der Waals surface area contributed by atoms with Gasteiger partial charge in [0.1, 0.15) is 0 Å². The predicted octanol–water partition coefficient (Wildman–Crippen LogP) is 4.01. The number of thioether (sulfide) groups is 1. The molecule has 8 heteroatoms. The van der Waals surface area contributed by atoms with E-state index in [1.807, 2.05) is 42.5 Å². The van der Waals surface area contributed by atoms with Crippen molar-refractivity contribution >= 4 is 39.9 Å². The van der Waals surface area contributed by atoms with Crippen LogP contribution in [-0.2, 0) is 16.1 Å². The average molecular weight is 467 g/mol. The van der Waals surface area contributed by atoms with Gasteiger partial charge in [-0.2, -0.15) is 0 Å². The van der Waals surface area contributed by atoms with Gasteiger partial charge in [-0.25, -0.2) is 4.98 Å². The first kappa shape index (κ1) is 23.3. The third-order valence-corrected chi connectivity index (χ3v) is 6.59. The van der Waals surface area contributed by atoms with Crippen LogP contribution in [0.3, 0.4) is 0 Å². The summed E-state index contributed by atoms with van der Waals surface area (Å²) in [7, 11) is 0. The lowest BCUT2D eigenvalue weighted by Crippen LogP contribution is -2.36. The Bertz CT molecular complexity index is 1150. The number of carbonyl (C=O) groups is 1. The van der Waals surface area contributed by atoms with Gasteiger partial charge in [-0.3, -0.25) is 14.2 Å². The summed E-state index contributed by atoms with van der Waals surface area (Å²) in [5.74, 6) is 0.513. The van der Waals surface area contributed by atoms with Crippen molar-refractivity contribution in [3.05, 3.63) is 58.9 Å². The van der Waals surface area contributed by atoms with Crippen LogP contribution in [-0.4, -0.2) is 47.5 Å². The minimum absolute atomic E-state index is 0.0529. The monoisotopic (exact) mass is 466 g/mol. The summed E-state index contributed by atoms with van der Waals surface area (Å²) in [5.41, 5.74) is 2.48. The lowest BCUT2D eigenvalue weighted by atomic mass is 10.1. The molecule has 0 unspecified atom stereocenters. The number of para-hydroxylation sites is 1. The zero-order valence-electron chi connectivity index (χ0n) is 19.1. The Hall–Kier alpha value is -2.84. The number of nitrogens with one attached hydrogen (secondary N) is 1. The summed E-state index contributed by atoms with van der Waals surface area (Å²) in [6.45, 7) is 8.07. The van der Waals surface area contributed by atoms with Crippen LogP contribution < -0.4 is 15.8 Å². The first-order valence-electron chi connectivity index (χ1n) is 11.4. The fraction of sp³-hybridized carbons (Fsp3) is 0.400. The van der Waals surface area contributed by atoms with Crippen LogP contribution in [0.15, 0.2) is 58.5 Å². The van der Waals surface area contributed by atoms with Crippen LogP contribution in [0.5, 0.6) is 0 Å². The molecule has 1 fully saturated rings. The van der Waals surface area contributed by atoms with Gasteiger partial charge in [0.2, 0.25) is 5.91 Å². The van der Waals surface area contributed by atoms with Crippen molar-refractivity contribution in [1.29, 1.82) is 0 Å². The van der Waals surface area contributed by atoms with Crippen molar-refractivity contribution in [2.75, 3.05) is 42.3 Å². The van der Waals surface area contributed by atoms with Gasteiger partial charge in [-0.05, 0) is 48.7 Å². The van der Waals surface area contributed by atoms with Crippen LogP contribution in [0.25, 0.3) is 10.9 Å². The van der Waals surface area contributed by atoms with E-state index in [0.717, 1.165) is 44.1 Å². The number of morpholine rings is 1. The van der Waals surface area contributed by atoms with Gasteiger partial charge in [0.25, 0.3) is 5.56 Å². The second-order valence-corrected chi connectivity index (χ2v) is 9.48. The maximum absolute atomic E-state index is 13.1. The topological polar surface area (TPSA) is 76.5 Å². The van der Waals surface area contributed by atoms with E-state index in [9.17, 15) is 9.59 Å². The molecule has 4 rings (SSSR count). The van der Waals surface area contributed by atoms with Gasteiger partial charge in [0, 0.05) is 31.0 Å². The summed E-state index contributed by atoms with van der Waals surface area (Å²) in [4.78, 5) is 32.6. The van der Waals surface area contributed by atoms with Crippen LogP contribution in [0, 0.1) is 5.92 Å². The van der Waals surface area contributed by atoms with Gasteiger partial charge in [0.05, 0.1) is 29.9 Å². The number of nitrogens with zero attached hydrogens (tertiary/aromatic N) is 3. The molecule has 3 aromatic rings. The third kappa shape index (κ3) is 5.94. The van der Waals surface area contributed by atoms with Gasteiger partial charge in [0.15, 0.2) is 5.16 Å². The number of anilines is 2. The second kappa shape index (κ2) is 10.9. The van der Waals surface area contributed by atoms with Crippen molar-refractivity contribution in [3.63, 3.8) is 0 Å². The summed E-state index contributed by atoms with van der Waals surface area (Å²) in [6, 6.07) is 15.2. The Kier molecular flexibility index (Phi) is 7.67. The Balaban J connectivity index is 1.43. The van der Waals surface area contributed by atoms with Crippen LogP contribution >= 0.6 is 11.8 Å². The van der Waals surface area contributed by atoms with E-state index in [0.29, 0.717) is 28.5 Å². The Morgan fingerprint density at radius 3 is 2.58 bits per heavy atom. The van der Waals surface area contributed by atoms with Crippen molar-refractivity contribution in [2.45, 2.75) is 32.0 Å². The number of ether oxygens (including phenoxy) is 1. The van der Waals surface area contributed by atoms with E-state index >= 15 is 0 Å². The highest BCUT2D eigenvalue weighted by Gasteiger charge is 2.15. The van der Waals surface area contributed by atoms with Gasteiger partial charge in [-0.1, -0.05) is 37.7 Å². The number of benzene rings is 2. The molecule has 0 radical (unpaired) electrons. The zero-order chi connectivity index (χ0) is 23.2. The summed E-state index contributed by atoms with van der Waals surface area (Å²) < 4.78 is 7.11. The molecular weight excluding hydrogens is 436 g/mol. The highest BCUT2D eigenvalue weighted by molar-refractivity contribution is 7.99. The highest BCUT2D eigenvalue weighted by atomic mass is 32.2. The number of hydrogen-bond acceptors (Lipinski definition) is 6. The molecule has 0 aliphatic carbocycles. The summed E-state index contributed by atoms with van der Waals surface area (Å²) >= 11 is 1.30. The Morgan fingerprint density at radius 1 is 1.12 bits per heavy atom. The lowest BCUT2D eigenvalue weighted by Gasteiger charge is -2.28. The van der Waals surface area contributed by atoms with E-state index in [4.69, 9.17) is 4.74 Å². The number of hydrogen-bond donors (Lipinski definition) is 1. The van der Waals surface area contributed by atoms with Crippen molar-refractivity contribution in [2.24, 2.45) is 5.92 Å². The molecule has 0 atom stereocenters. The molecule has 1 N–H and O–H groups in total. The second-order valence-electron chi connectivity index (χ2n) is 8.53. The molecule has 1 amide bonds. The quantitative estimate of drug-likeness (QED) is 0.399. The molecule has 33 heavy (non-hydrogen) atoms. The van der Waals surface area contributed by atoms with Gasteiger partial charge >= 0.3 is 0 Å². The number of fused-ring (bicyclic) bond motifs is 1. The maximum Gasteiger partial charge on any atom is 0.262 e. The summed E-state index contributed by atoms with van der Waals surface area (Å²) in [6.07, 6.45) is 0.870.